The molecule has 104 valence electrons. The van der Waals surface area contributed by atoms with E-state index >= 15 is 0 Å². The van der Waals surface area contributed by atoms with Gasteiger partial charge in [0.05, 0.1) is 5.69 Å². The van der Waals surface area contributed by atoms with E-state index in [0.29, 0.717) is 23.8 Å². The Morgan fingerprint density at radius 3 is 2.65 bits per heavy atom. The van der Waals surface area contributed by atoms with Gasteiger partial charge in [-0.15, -0.1) is 0 Å². The third-order valence-electron chi connectivity index (χ3n) is 3.40. The van der Waals surface area contributed by atoms with E-state index in [1.807, 2.05) is 11.0 Å². The molecule has 1 aliphatic heterocycles. The molecule has 2 aliphatic rings. The van der Waals surface area contributed by atoms with Crippen LogP contribution in [0.3, 0.4) is 0 Å². The minimum absolute atomic E-state index is 0.0329. The van der Waals surface area contributed by atoms with Crippen molar-refractivity contribution < 1.29 is 4.79 Å². The molecular formula is C13H16N6O. The summed E-state index contributed by atoms with van der Waals surface area (Å²) in [5.41, 5.74) is 18.3. The number of carbonyl (C=O) groups is 1. The van der Waals surface area contributed by atoms with Crippen LogP contribution in [-0.4, -0.2) is 28.8 Å². The summed E-state index contributed by atoms with van der Waals surface area (Å²) in [5.74, 6) is -0.113. The molecule has 7 nitrogen and oxygen atoms in total. The minimum atomic E-state index is -0.150. The van der Waals surface area contributed by atoms with Gasteiger partial charge >= 0.3 is 0 Å². The van der Waals surface area contributed by atoms with E-state index in [1.54, 1.807) is 12.1 Å². The number of carbonyl (C=O) groups excluding carboxylic acids is 1. The number of nitrogens with zero attached hydrogens (tertiary/aromatic N) is 3. The van der Waals surface area contributed by atoms with Gasteiger partial charge in [0.1, 0.15) is 0 Å². The summed E-state index contributed by atoms with van der Waals surface area (Å²) in [6.45, 7) is 0.687. The number of hydrogen-bond acceptors (Lipinski definition) is 2. The zero-order valence-corrected chi connectivity index (χ0v) is 10.9. The highest BCUT2D eigenvalue weighted by atomic mass is 16.2. The first-order chi connectivity index (χ1) is 9.54. The standard InChI is InChI=1S/C13H16N6O/c14-12(15)18-13(16)17-8-2-1-7-6-19(9-3-4-9)11(20)10(7)5-8/h1-2,5,9H,3-4,6H2,(H6,14,15,16,17,18). The Morgan fingerprint density at radius 1 is 1.25 bits per heavy atom. The monoisotopic (exact) mass is 272 g/mol. The lowest BCUT2D eigenvalue weighted by molar-refractivity contribution is 0.0766. The maximum absolute atomic E-state index is 12.3. The number of benzene rings is 1. The van der Waals surface area contributed by atoms with E-state index in [0.717, 1.165) is 18.4 Å². The van der Waals surface area contributed by atoms with Crippen LogP contribution in [0.15, 0.2) is 28.2 Å². The van der Waals surface area contributed by atoms with Gasteiger partial charge in [-0.2, -0.15) is 4.99 Å². The van der Waals surface area contributed by atoms with E-state index in [9.17, 15) is 4.79 Å². The van der Waals surface area contributed by atoms with Gasteiger partial charge < -0.3 is 22.1 Å². The van der Waals surface area contributed by atoms with E-state index in [-0.39, 0.29) is 17.8 Å². The first-order valence-electron chi connectivity index (χ1n) is 6.42. The second-order valence-electron chi connectivity index (χ2n) is 5.01. The van der Waals surface area contributed by atoms with Gasteiger partial charge in [-0.3, -0.25) is 4.79 Å². The second kappa shape index (κ2) is 4.52. The summed E-state index contributed by atoms with van der Waals surface area (Å²) in [7, 11) is 0. The van der Waals surface area contributed by atoms with Crippen LogP contribution in [0.5, 0.6) is 0 Å². The van der Waals surface area contributed by atoms with Crippen molar-refractivity contribution in [2.45, 2.75) is 25.4 Å². The van der Waals surface area contributed by atoms with Crippen molar-refractivity contribution in [3.05, 3.63) is 29.3 Å². The Kier molecular flexibility index (Phi) is 2.81. The van der Waals surface area contributed by atoms with Crippen LogP contribution in [0, 0.1) is 0 Å². The maximum atomic E-state index is 12.3. The van der Waals surface area contributed by atoms with Crippen LogP contribution in [0.1, 0.15) is 28.8 Å². The molecule has 1 aromatic rings. The van der Waals surface area contributed by atoms with Crippen LogP contribution in [0.4, 0.5) is 5.69 Å². The molecule has 1 aliphatic carbocycles. The van der Waals surface area contributed by atoms with Gasteiger partial charge in [-0.05, 0) is 30.5 Å². The van der Waals surface area contributed by atoms with E-state index in [1.165, 1.54) is 0 Å². The Morgan fingerprint density at radius 2 is 2.00 bits per heavy atom. The molecule has 1 aromatic carbocycles. The maximum Gasteiger partial charge on any atom is 0.254 e. The molecule has 0 atom stereocenters. The molecule has 3 rings (SSSR count). The van der Waals surface area contributed by atoms with Gasteiger partial charge in [0, 0.05) is 18.2 Å². The lowest BCUT2D eigenvalue weighted by Crippen LogP contribution is -2.26. The average molecular weight is 272 g/mol. The molecule has 0 spiro atoms. The highest BCUT2D eigenvalue weighted by molar-refractivity contribution is 6.00. The molecular weight excluding hydrogens is 256 g/mol. The molecule has 1 saturated carbocycles. The van der Waals surface area contributed by atoms with Crippen molar-refractivity contribution in [3.63, 3.8) is 0 Å². The molecule has 20 heavy (non-hydrogen) atoms. The number of amides is 1. The fourth-order valence-electron chi connectivity index (χ4n) is 2.35. The third kappa shape index (κ3) is 2.29. The SMILES string of the molecule is NC(N)=NC(N)=Nc1ccc2c(c1)C(=O)N(C1CC1)C2. The number of nitrogens with two attached hydrogens (primary N) is 3. The van der Waals surface area contributed by atoms with Crippen LogP contribution in [0.2, 0.25) is 0 Å². The topological polar surface area (TPSA) is 123 Å². The lowest BCUT2D eigenvalue weighted by atomic mass is 10.1. The Bertz CT molecular complexity index is 628. The van der Waals surface area contributed by atoms with E-state index < -0.39 is 0 Å². The van der Waals surface area contributed by atoms with Crippen molar-refractivity contribution >= 4 is 23.5 Å². The fourth-order valence-corrected chi connectivity index (χ4v) is 2.35. The molecule has 0 unspecified atom stereocenters. The largest absolute Gasteiger partial charge is 0.370 e. The van der Waals surface area contributed by atoms with Crippen LogP contribution in [-0.2, 0) is 6.54 Å². The first kappa shape index (κ1) is 12.5. The highest BCUT2D eigenvalue weighted by Crippen LogP contribution is 2.35. The summed E-state index contributed by atoms with van der Waals surface area (Å²) in [6, 6.07) is 5.85. The summed E-state index contributed by atoms with van der Waals surface area (Å²) in [5, 5.41) is 0. The normalized spacial score (nSPS) is 18.1. The van der Waals surface area contributed by atoms with Gasteiger partial charge in [0.25, 0.3) is 5.91 Å². The van der Waals surface area contributed by atoms with Crippen molar-refractivity contribution in [3.8, 4) is 0 Å². The van der Waals surface area contributed by atoms with Gasteiger partial charge in [0.2, 0.25) is 5.96 Å². The molecule has 0 bridgehead atoms. The van der Waals surface area contributed by atoms with Gasteiger partial charge in [0.15, 0.2) is 5.96 Å². The average Bonchev–Trinajstić information content (AvgIpc) is 3.15. The minimum Gasteiger partial charge on any atom is -0.370 e. The molecule has 0 saturated heterocycles. The predicted molar refractivity (Wildman–Crippen MR) is 76.4 cm³/mol. The highest BCUT2D eigenvalue weighted by Gasteiger charge is 2.38. The first-order valence-corrected chi connectivity index (χ1v) is 6.42. The third-order valence-corrected chi connectivity index (χ3v) is 3.40. The molecule has 1 amide bonds. The molecule has 6 N–H and O–H groups in total. The summed E-state index contributed by atoms with van der Waals surface area (Å²) in [6.07, 6.45) is 2.20. The van der Waals surface area contributed by atoms with Crippen molar-refractivity contribution in [1.29, 1.82) is 0 Å². The van der Waals surface area contributed by atoms with Crippen LogP contribution < -0.4 is 17.2 Å². The zero-order valence-electron chi connectivity index (χ0n) is 10.9. The molecule has 7 heteroatoms. The summed E-state index contributed by atoms with van der Waals surface area (Å²) < 4.78 is 0. The van der Waals surface area contributed by atoms with Gasteiger partial charge in [-0.1, -0.05) is 6.07 Å². The lowest BCUT2D eigenvalue weighted by Gasteiger charge is -2.13. The van der Waals surface area contributed by atoms with Crippen molar-refractivity contribution in [1.82, 2.24) is 4.90 Å². The van der Waals surface area contributed by atoms with Crippen molar-refractivity contribution in [2.75, 3.05) is 0 Å². The fraction of sp³-hybridized carbons (Fsp3) is 0.308. The number of guanidine groups is 2. The molecule has 0 aromatic heterocycles. The summed E-state index contributed by atoms with van der Waals surface area (Å²) >= 11 is 0. The predicted octanol–water partition coefficient (Wildman–Crippen LogP) is 0.0244. The van der Waals surface area contributed by atoms with Crippen molar-refractivity contribution in [2.24, 2.45) is 27.2 Å². The van der Waals surface area contributed by atoms with Crippen LogP contribution in [0.25, 0.3) is 0 Å². The smallest absolute Gasteiger partial charge is 0.254 e. The Labute approximate surface area is 116 Å². The summed E-state index contributed by atoms with van der Waals surface area (Å²) in [4.78, 5) is 21.9. The van der Waals surface area contributed by atoms with E-state index in [2.05, 4.69) is 9.98 Å². The molecule has 0 radical (unpaired) electrons. The number of fused-ring (bicyclic) bond motifs is 1. The number of aliphatic imine (C=N–C) groups is 2. The van der Waals surface area contributed by atoms with Gasteiger partial charge in [-0.25, -0.2) is 4.99 Å². The van der Waals surface area contributed by atoms with Crippen LogP contribution >= 0.6 is 0 Å². The zero-order chi connectivity index (χ0) is 14.3. The Hall–Kier alpha value is -2.57. The second-order valence-corrected chi connectivity index (χ2v) is 5.01. The number of rotatable bonds is 2. The Balaban J connectivity index is 1.88. The molecule has 1 heterocycles. The number of hydrogen-bond donors (Lipinski definition) is 3. The van der Waals surface area contributed by atoms with E-state index in [4.69, 9.17) is 17.2 Å². The quantitative estimate of drug-likeness (QED) is 0.519. The molecule has 1 fully saturated rings.